The minimum atomic E-state index is -2.95. The molecule has 0 bridgehead atoms. The number of allylic oxidation sites excluding steroid dienone is 1. The highest BCUT2D eigenvalue weighted by molar-refractivity contribution is 6.31. The van der Waals surface area contributed by atoms with Gasteiger partial charge in [-0.2, -0.15) is 0 Å². The molecular formula is C27H38ClF2N5O. The summed E-state index contributed by atoms with van der Waals surface area (Å²) in [6, 6.07) is 1.70. The van der Waals surface area contributed by atoms with Gasteiger partial charge in [0.25, 0.3) is 5.92 Å². The third kappa shape index (κ3) is 8.82. The van der Waals surface area contributed by atoms with E-state index in [0.717, 1.165) is 55.9 Å². The summed E-state index contributed by atoms with van der Waals surface area (Å²) in [5.41, 5.74) is 5.37. The minimum absolute atomic E-state index is 0.00830. The lowest BCUT2D eigenvalue weighted by atomic mass is 10.1. The van der Waals surface area contributed by atoms with Gasteiger partial charge in [0.2, 0.25) is 5.88 Å². The van der Waals surface area contributed by atoms with Gasteiger partial charge in [-0.1, -0.05) is 18.2 Å². The van der Waals surface area contributed by atoms with Gasteiger partial charge >= 0.3 is 0 Å². The minimum Gasteiger partial charge on any atom is -0.470 e. The van der Waals surface area contributed by atoms with Crippen molar-refractivity contribution in [1.29, 1.82) is 0 Å². The predicted molar refractivity (Wildman–Crippen MR) is 142 cm³/mol. The van der Waals surface area contributed by atoms with Gasteiger partial charge in [0.1, 0.15) is 5.02 Å². The number of nitrogens with zero attached hydrogens (tertiary/aromatic N) is 3. The van der Waals surface area contributed by atoms with Crippen molar-refractivity contribution in [1.82, 2.24) is 25.4 Å². The van der Waals surface area contributed by atoms with Gasteiger partial charge in [0.05, 0.1) is 0 Å². The van der Waals surface area contributed by atoms with Crippen LogP contribution >= 0.6 is 11.6 Å². The molecule has 198 valence electrons. The number of halogens is 3. The Morgan fingerprint density at radius 2 is 2.17 bits per heavy atom. The van der Waals surface area contributed by atoms with Crippen LogP contribution < -0.4 is 15.4 Å². The Bertz CT molecular complexity index is 1010. The third-order valence-corrected chi connectivity index (χ3v) is 6.25. The van der Waals surface area contributed by atoms with Gasteiger partial charge < -0.3 is 25.2 Å². The van der Waals surface area contributed by atoms with Gasteiger partial charge in [-0.15, -0.1) is 0 Å². The van der Waals surface area contributed by atoms with Crippen molar-refractivity contribution < 1.29 is 13.5 Å². The van der Waals surface area contributed by atoms with Gasteiger partial charge in [-0.05, 0) is 74.0 Å². The second kappa shape index (κ2) is 12.6. The number of rotatable bonds is 14. The molecule has 36 heavy (non-hydrogen) atoms. The van der Waals surface area contributed by atoms with Crippen LogP contribution in [0.1, 0.15) is 32.3 Å². The largest absolute Gasteiger partial charge is 0.470 e. The number of hydrogen-bond acceptors (Lipinski definition) is 6. The molecule has 6 nitrogen and oxygen atoms in total. The molecule has 0 amide bonds. The number of nitrogens with one attached hydrogen (secondary N) is 2. The van der Waals surface area contributed by atoms with Crippen molar-refractivity contribution in [3.8, 4) is 5.88 Å². The van der Waals surface area contributed by atoms with Crippen LogP contribution in [0.15, 0.2) is 59.7 Å². The van der Waals surface area contributed by atoms with Crippen molar-refractivity contribution in [2.45, 2.75) is 39.2 Å². The molecule has 2 heterocycles. The Labute approximate surface area is 218 Å². The van der Waals surface area contributed by atoms with Crippen LogP contribution in [0.25, 0.3) is 0 Å². The summed E-state index contributed by atoms with van der Waals surface area (Å²) in [7, 11) is 4.06. The first-order chi connectivity index (χ1) is 17.1. The summed E-state index contributed by atoms with van der Waals surface area (Å²) in [4.78, 5) is 8.57. The molecule has 1 aliphatic carbocycles. The fourth-order valence-corrected chi connectivity index (χ4v) is 4.38. The van der Waals surface area contributed by atoms with E-state index in [1.807, 2.05) is 13.2 Å². The molecule has 0 unspecified atom stereocenters. The predicted octanol–water partition coefficient (Wildman–Crippen LogP) is 4.96. The lowest BCUT2D eigenvalue weighted by Gasteiger charge is -2.21. The second-order valence-corrected chi connectivity index (χ2v) is 10.3. The Morgan fingerprint density at radius 1 is 1.42 bits per heavy atom. The molecule has 3 rings (SSSR count). The van der Waals surface area contributed by atoms with Gasteiger partial charge in [-0.3, -0.25) is 0 Å². The molecule has 2 aliphatic rings. The van der Waals surface area contributed by atoms with Crippen molar-refractivity contribution in [3.63, 3.8) is 0 Å². The van der Waals surface area contributed by atoms with E-state index in [1.54, 1.807) is 12.3 Å². The maximum Gasteiger partial charge on any atom is 0.278 e. The first-order valence-electron chi connectivity index (χ1n) is 12.3. The molecule has 2 N–H and O–H groups in total. The topological polar surface area (TPSA) is 52.7 Å². The van der Waals surface area contributed by atoms with Gasteiger partial charge in [0.15, 0.2) is 6.61 Å². The quantitative estimate of drug-likeness (QED) is 0.361. The standard InChI is InChI=1S/C27H38ClF2N5O/c1-19(14-34(5)15-21-6-7-21)11-32-9-8-24-20(2)35(17-23(24)13-31-4)16-22-10-25(28)26(33-12-22)36-18-27(3,29)30/h8-10,12,14,21,31-32H,2,6-7,11,13,15-18H2,1,3-5H3/b9-8-,19-14+. The van der Waals surface area contributed by atoms with Gasteiger partial charge in [-0.25, -0.2) is 13.8 Å². The smallest absolute Gasteiger partial charge is 0.278 e. The summed E-state index contributed by atoms with van der Waals surface area (Å²) >= 11 is 6.24. The molecule has 9 heteroatoms. The molecule has 0 aromatic carbocycles. The van der Waals surface area contributed by atoms with E-state index >= 15 is 0 Å². The van der Waals surface area contributed by atoms with E-state index < -0.39 is 12.5 Å². The maximum absolute atomic E-state index is 13.1. The molecule has 0 atom stereocenters. The molecule has 0 radical (unpaired) electrons. The van der Waals surface area contributed by atoms with E-state index in [9.17, 15) is 8.78 Å². The van der Waals surface area contributed by atoms with Crippen molar-refractivity contribution in [2.75, 3.05) is 46.9 Å². The maximum atomic E-state index is 13.1. The summed E-state index contributed by atoms with van der Waals surface area (Å²) in [5.74, 6) is -2.08. The Morgan fingerprint density at radius 3 is 2.81 bits per heavy atom. The molecule has 0 spiro atoms. The number of ether oxygens (including phenoxy) is 1. The highest BCUT2D eigenvalue weighted by Gasteiger charge is 2.25. The van der Waals surface area contributed by atoms with Crippen LogP contribution in [-0.2, 0) is 6.54 Å². The SMILES string of the molecule is C=C1C(/C=C\NC/C(C)=C/N(C)CC2CC2)=C(CNC)CN1Cc1cnc(OCC(C)(F)F)c(Cl)c1. The molecule has 1 aromatic heterocycles. The van der Waals surface area contributed by atoms with E-state index in [1.165, 1.54) is 24.0 Å². The monoisotopic (exact) mass is 521 g/mol. The average molecular weight is 522 g/mol. The number of pyridine rings is 1. The van der Waals surface area contributed by atoms with Crippen LogP contribution in [0.5, 0.6) is 5.88 Å². The van der Waals surface area contributed by atoms with Crippen molar-refractivity contribution >= 4 is 11.6 Å². The summed E-state index contributed by atoms with van der Waals surface area (Å²) in [5, 5.41) is 6.83. The summed E-state index contributed by atoms with van der Waals surface area (Å²) in [6.45, 7) is 10.4. The molecular weight excluding hydrogens is 484 g/mol. The highest BCUT2D eigenvalue weighted by Crippen LogP contribution is 2.31. The number of aromatic nitrogens is 1. The van der Waals surface area contributed by atoms with Crippen LogP contribution in [0, 0.1) is 5.92 Å². The Hall–Kier alpha value is -2.58. The van der Waals surface area contributed by atoms with E-state index in [2.05, 4.69) is 58.2 Å². The molecule has 1 saturated carbocycles. The van der Waals surface area contributed by atoms with E-state index in [4.69, 9.17) is 16.3 Å². The summed E-state index contributed by atoms with van der Waals surface area (Å²) in [6.07, 6.45) is 10.6. The molecule has 1 aromatic rings. The first kappa shape index (κ1) is 28.0. The van der Waals surface area contributed by atoms with Crippen molar-refractivity contribution in [3.05, 3.63) is 70.3 Å². The highest BCUT2D eigenvalue weighted by atomic mass is 35.5. The normalized spacial score (nSPS) is 16.9. The van der Waals surface area contributed by atoms with Crippen molar-refractivity contribution in [2.24, 2.45) is 5.92 Å². The lowest BCUT2D eigenvalue weighted by Crippen LogP contribution is -2.22. The zero-order chi connectivity index (χ0) is 26.3. The molecule has 1 fully saturated rings. The van der Waals surface area contributed by atoms with E-state index in [-0.39, 0.29) is 10.9 Å². The Balaban J connectivity index is 1.56. The third-order valence-electron chi connectivity index (χ3n) is 5.98. The number of likely N-dealkylation sites (N-methyl/N-ethyl adjacent to an activating group) is 1. The zero-order valence-corrected chi connectivity index (χ0v) is 22.5. The number of hydrogen-bond donors (Lipinski definition) is 2. The van der Waals surface area contributed by atoms with Crippen LogP contribution in [0.3, 0.4) is 0 Å². The number of alkyl halides is 2. The van der Waals surface area contributed by atoms with Gasteiger partial charge in [0, 0.05) is 64.2 Å². The zero-order valence-electron chi connectivity index (χ0n) is 21.7. The fourth-order valence-electron chi connectivity index (χ4n) is 4.13. The van der Waals surface area contributed by atoms with Crippen LogP contribution in [-0.4, -0.2) is 67.6 Å². The fraction of sp³-hybridized carbons (Fsp3) is 0.519. The van der Waals surface area contributed by atoms with Crippen LogP contribution in [0.4, 0.5) is 8.78 Å². The average Bonchev–Trinajstić information content (AvgIpc) is 3.55. The first-order valence-corrected chi connectivity index (χ1v) is 12.7. The Kier molecular flexibility index (Phi) is 9.79. The van der Waals surface area contributed by atoms with E-state index in [0.29, 0.717) is 6.54 Å². The summed E-state index contributed by atoms with van der Waals surface area (Å²) < 4.78 is 31.2. The second-order valence-electron chi connectivity index (χ2n) is 9.91. The lowest BCUT2D eigenvalue weighted by molar-refractivity contribution is -0.0242. The molecule has 1 aliphatic heterocycles. The molecule has 0 saturated heterocycles. The van der Waals surface area contributed by atoms with Crippen LogP contribution in [0.2, 0.25) is 5.02 Å².